The number of aryl methyl sites for hydroxylation is 1. The number of sulfonamides is 1. The van der Waals surface area contributed by atoms with Gasteiger partial charge >= 0.3 is 0 Å². The molecule has 1 heterocycles. The second-order valence-electron chi connectivity index (χ2n) is 10.1. The van der Waals surface area contributed by atoms with E-state index in [1.54, 1.807) is 0 Å². The topological polar surface area (TPSA) is 144 Å². The van der Waals surface area contributed by atoms with Gasteiger partial charge in [0.25, 0.3) is 15.9 Å². The highest BCUT2D eigenvalue weighted by Crippen LogP contribution is 2.18. The van der Waals surface area contributed by atoms with Crippen molar-refractivity contribution in [1.29, 1.82) is 5.26 Å². The van der Waals surface area contributed by atoms with Crippen LogP contribution in [0.1, 0.15) is 39.5 Å². The van der Waals surface area contributed by atoms with Gasteiger partial charge in [0.1, 0.15) is 17.7 Å². The predicted octanol–water partition coefficient (Wildman–Crippen LogP) is 4.09. The molecule has 4 N–H and O–H groups in total. The number of nitrogens with one attached hydrogen (secondary N) is 3. The third-order valence-corrected chi connectivity index (χ3v) is 8.06. The smallest absolute Gasteiger partial charge is 0.279 e. The van der Waals surface area contributed by atoms with E-state index in [-0.39, 0.29) is 40.4 Å². The first-order chi connectivity index (χ1) is 21.1. The van der Waals surface area contributed by atoms with E-state index >= 15 is 0 Å². The number of aliphatic hydroxyl groups excluding tert-OH is 1. The molecule has 2 atom stereocenters. The van der Waals surface area contributed by atoms with E-state index < -0.39 is 39.7 Å². The van der Waals surface area contributed by atoms with Gasteiger partial charge in [-0.2, -0.15) is 13.7 Å². The molecule has 4 aromatic rings. The Balaban J connectivity index is 1.49. The Labute approximate surface area is 254 Å². The number of hydrogen-bond donors (Lipinski definition) is 4. The molecule has 12 heteroatoms. The maximum atomic E-state index is 13.9. The van der Waals surface area contributed by atoms with Crippen LogP contribution < -0.4 is 15.4 Å². The maximum absolute atomic E-state index is 13.9. The van der Waals surface area contributed by atoms with Gasteiger partial charge in [-0.1, -0.05) is 37.3 Å². The maximum Gasteiger partial charge on any atom is 0.279 e. The zero-order valence-corrected chi connectivity index (χ0v) is 24.6. The number of hydrogen-bond acceptors (Lipinski definition) is 7. The first-order valence-electron chi connectivity index (χ1n) is 13.8. The van der Waals surface area contributed by atoms with Crippen molar-refractivity contribution in [1.82, 2.24) is 15.6 Å². The van der Waals surface area contributed by atoms with Gasteiger partial charge in [0.15, 0.2) is 5.03 Å². The normalized spacial score (nSPS) is 12.6. The highest BCUT2D eigenvalue weighted by Gasteiger charge is 2.24. The fourth-order valence-corrected chi connectivity index (χ4v) is 5.50. The Hall–Kier alpha value is -4.70. The molecule has 0 fully saturated rings. The van der Waals surface area contributed by atoms with Crippen LogP contribution in [0.25, 0.3) is 0 Å². The standard InChI is InChI=1S/C32H31F2N5O4S/c1-2-21-5-3-6-22(11-21)18-36-20-30(40)29(14-24-12-26(33)16-27(34)13-24)38-32(41)25-7-4-8-28(15-25)39-44(42,43)31-10-9-23(17-35)19-37-31/h3-13,15-16,19,29-30,36,39-40H,2,14,18,20H2,1H3,(H,38,41)/t29-,30+/m1/s1. The number of benzene rings is 3. The Morgan fingerprint density at radius 1 is 0.977 bits per heavy atom. The van der Waals surface area contributed by atoms with Crippen molar-refractivity contribution < 1.29 is 27.1 Å². The third kappa shape index (κ3) is 8.90. The van der Waals surface area contributed by atoms with Crippen molar-refractivity contribution >= 4 is 21.6 Å². The zero-order chi connectivity index (χ0) is 31.7. The van der Waals surface area contributed by atoms with E-state index in [0.717, 1.165) is 36.4 Å². The monoisotopic (exact) mass is 619 g/mol. The largest absolute Gasteiger partial charge is 0.390 e. The van der Waals surface area contributed by atoms with E-state index in [4.69, 9.17) is 5.26 Å². The summed E-state index contributed by atoms with van der Waals surface area (Å²) in [5.41, 5.74) is 2.76. The molecule has 0 radical (unpaired) electrons. The van der Waals surface area contributed by atoms with Crippen molar-refractivity contribution in [3.8, 4) is 6.07 Å². The number of anilines is 1. The van der Waals surface area contributed by atoms with Crippen LogP contribution in [0.15, 0.2) is 90.1 Å². The van der Waals surface area contributed by atoms with Crippen molar-refractivity contribution in [2.75, 3.05) is 11.3 Å². The highest BCUT2D eigenvalue weighted by molar-refractivity contribution is 7.92. The van der Waals surface area contributed by atoms with Crippen LogP contribution in [-0.4, -0.2) is 43.1 Å². The third-order valence-electron chi connectivity index (χ3n) is 6.76. The Morgan fingerprint density at radius 3 is 2.39 bits per heavy atom. The minimum Gasteiger partial charge on any atom is -0.390 e. The number of pyridine rings is 1. The van der Waals surface area contributed by atoms with E-state index in [2.05, 4.69) is 27.3 Å². The molecule has 0 saturated heterocycles. The second-order valence-corrected chi connectivity index (χ2v) is 11.7. The number of nitrogens with zero attached hydrogens (tertiary/aromatic N) is 2. The number of rotatable bonds is 13. The molecule has 0 saturated carbocycles. The molecule has 0 aliphatic rings. The van der Waals surface area contributed by atoms with Gasteiger partial charge in [0.2, 0.25) is 0 Å². The van der Waals surface area contributed by atoms with Gasteiger partial charge in [-0.15, -0.1) is 0 Å². The van der Waals surface area contributed by atoms with Crippen LogP contribution in [0, 0.1) is 23.0 Å². The van der Waals surface area contributed by atoms with Crippen LogP contribution >= 0.6 is 0 Å². The van der Waals surface area contributed by atoms with E-state index in [9.17, 15) is 27.1 Å². The lowest BCUT2D eigenvalue weighted by Crippen LogP contribution is -2.48. The van der Waals surface area contributed by atoms with Crippen molar-refractivity contribution in [2.24, 2.45) is 0 Å². The Morgan fingerprint density at radius 2 is 1.70 bits per heavy atom. The fourth-order valence-electron chi connectivity index (χ4n) is 4.52. The number of aromatic nitrogens is 1. The molecule has 0 unspecified atom stereocenters. The van der Waals surface area contributed by atoms with Crippen LogP contribution in [0.5, 0.6) is 0 Å². The molecule has 1 amide bonds. The van der Waals surface area contributed by atoms with E-state index in [0.29, 0.717) is 6.54 Å². The van der Waals surface area contributed by atoms with Crippen molar-refractivity contribution in [2.45, 2.75) is 43.5 Å². The Bertz CT molecular complexity index is 1740. The summed E-state index contributed by atoms with van der Waals surface area (Å²) in [4.78, 5) is 17.1. The molecule has 9 nitrogen and oxygen atoms in total. The van der Waals surface area contributed by atoms with Crippen molar-refractivity contribution in [3.05, 3.63) is 125 Å². The molecule has 3 aromatic carbocycles. The lowest BCUT2D eigenvalue weighted by molar-refractivity contribution is 0.0830. The summed E-state index contributed by atoms with van der Waals surface area (Å²) < 4.78 is 55.8. The number of carbonyl (C=O) groups excluding carboxylic acids is 1. The van der Waals surface area contributed by atoms with E-state index in [1.807, 2.05) is 30.3 Å². The number of halogens is 2. The minimum atomic E-state index is -4.13. The van der Waals surface area contributed by atoms with E-state index in [1.165, 1.54) is 42.0 Å². The first-order valence-corrected chi connectivity index (χ1v) is 15.3. The van der Waals surface area contributed by atoms with Crippen LogP contribution in [0.4, 0.5) is 14.5 Å². The van der Waals surface area contributed by atoms with Crippen LogP contribution in [0.3, 0.4) is 0 Å². The summed E-state index contributed by atoms with van der Waals surface area (Å²) in [6.45, 7) is 2.57. The number of amides is 1. The van der Waals surface area contributed by atoms with Crippen LogP contribution in [0.2, 0.25) is 0 Å². The molecular formula is C32H31F2N5O4S. The van der Waals surface area contributed by atoms with Gasteiger partial charge in [-0.05, 0) is 72.0 Å². The quantitative estimate of drug-likeness (QED) is 0.177. The van der Waals surface area contributed by atoms with Gasteiger partial charge in [0, 0.05) is 36.6 Å². The summed E-state index contributed by atoms with van der Waals surface area (Å²) in [5, 5.41) is 25.6. The van der Waals surface area contributed by atoms with Gasteiger partial charge in [-0.3, -0.25) is 9.52 Å². The SMILES string of the molecule is CCc1cccc(CNC[C@H](O)[C@@H](Cc2cc(F)cc(F)c2)NC(=O)c2cccc(NS(=O)(=O)c3ccc(C#N)cn3)c2)c1. The molecule has 0 spiro atoms. The highest BCUT2D eigenvalue weighted by atomic mass is 32.2. The molecule has 4 rings (SSSR count). The lowest BCUT2D eigenvalue weighted by atomic mass is 10.00. The average molecular weight is 620 g/mol. The molecule has 0 aliphatic carbocycles. The summed E-state index contributed by atoms with van der Waals surface area (Å²) in [7, 11) is -4.13. The number of aliphatic hydroxyl groups is 1. The number of carbonyl (C=O) groups is 1. The van der Waals surface area contributed by atoms with Gasteiger partial charge < -0.3 is 15.7 Å². The summed E-state index contributed by atoms with van der Waals surface area (Å²) in [6.07, 6.45) is 0.782. The van der Waals surface area contributed by atoms with Gasteiger partial charge in [-0.25, -0.2) is 13.8 Å². The number of nitriles is 1. The predicted molar refractivity (Wildman–Crippen MR) is 161 cm³/mol. The summed E-state index contributed by atoms with van der Waals surface area (Å²) in [5.74, 6) is -2.21. The molecule has 0 aliphatic heterocycles. The summed E-state index contributed by atoms with van der Waals surface area (Å²) in [6, 6.07) is 20.0. The molecule has 44 heavy (non-hydrogen) atoms. The van der Waals surface area contributed by atoms with Crippen LogP contribution in [-0.2, 0) is 29.4 Å². The molecule has 228 valence electrons. The molecule has 0 bridgehead atoms. The Kier molecular flexibility index (Phi) is 10.7. The minimum absolute atomic E-state index is 0.0660. The summed E-state index contributed by atoms with van der Waals surface area (Å²) >= 11 is 0. The first kappa shape index (κ1) is 32.2. The van der Waals surface area contributed by atoms with Crippen molar-refractivity contribution in [3.63, 3.8) is 0 Å². The molecular weight excluding hydrogens is 588 g/mol. The lowest BCUT2D eigenvalue weighted by Gasteiger charge is -2.25. The molecule has 1 aromatic heterocycles. The zero-order valence-electron chi connectivity index (χ0n) is 23.8. The van der Waals surface area contributed by atoms with Gasteiger partial charge in [0.05, 0.1) is 17.7 Å². The average Bonchev–Trinajstić information content (AvgIpc) is 3.00. The fraction of sp³-hybridized carbons (Fsp3) is 0.219. The second kappa shape index (κ2) is 14.7.